The summed E-state index contributed by atoms with van der Waals surface area (Å²) < 4.78 is 5.39. The van der Waals surface area contributed by atoms with Crippen LogP contribution < -0.4 is 10.9 Å². The molecule has 0 radical (unpaired) electrons. The van der Waals surface area contributed by atoms with Crippen LogP contribution in [0, 0.1) is 6.92 Å². The summed E-state index contributed by atoms with van der Waals surface area (Å²) in [5.74, 6) is -0.346. The molecule has 0 aliphatic carbocycles. The first-order valence-corrected chi connectivity index (χ1v) is 5.76. The summed E-state index contributed by atoms with van der Waals surface area (Å²) in [7, 11) is 0. The van der Waals surface area contributed by atoms with E-state index in [0.717, 1.165) is 25.1 Å². The molecular formula is C12H16N2O3. The fraction of sp³-hybridized carbons (Fsp3) is 0.500. The number of hydrogen-bond acceptors (Lipinski definition) is 3. The Hall–Kier alpha value is -1.62. The summed E-state index contributed by atoms with van der Waals surface area (Å²) >= 11 is 0. The highest BCUT2D eigenvalue weighted by Gasteiger charge is 2.17. The third kappa shape index (κ3) is 2.94. The maximum atomic E-state index is 11.7. The van der Waals surface area contributed by atoms with E-state index in [2.05, 4.69) is 10.3 Å². The summed E-state index contributed by atoms with van der Waals surface area (Å²) in [6, 6.07) is 3.25. The molecule has 0 spiro atoms. The van der Waals surface area contributed by atoms with Crippen molar-refractivity contribution >= 4 is 5.91 Å². The van der Waals surface area contributed by atoms with E-state index in [9.17, 15) is 9.59 Å². The van der Waals surface area contributed by atoms with Crippen molar-refractivity contribution in [1.82, 2.24) is 10.3 Å². The van der Waals surface area contributed by atoms with Crippen molar-refractivity contribution in [3.05, 3.63) is 33.7 Å². The van der Waals surface area contributed by atoms with Crippen LogP contribution in [0.3, 0.4) is 0 Å². The Labute approximate surface area is 99.2 Å². The van der Waals surface area contributed by atoms with Crippen LogP contribution in [-0.4, -0.2) is 30.1 Å². The van der Waals surface area contributed by atoms with Gasteiger partial charge in [0.05, 0.1) is 6.10 Å². The first kappa shape index (κ1) is 11.9. The number of carbonyl (C=O) groups is 1. The van der Waals surface area contributed by atoms with E-state index in [4.69, 9.17) is 4.74 Å². The van der Waals surface area contributed by atoms with Crippen LogP contribution in [0.5, 0.6) is 0 Å². The van der Waals surface area contributed by atoms with Crippen molar-refractivity contribution in [3.8, 4) is 0 Å². The van der Waals surface area contributed by atoms with Gasteiger partial charge in [-0.2, -0.15) is 0 Å². The summed E-state index contributed by atoms with van der Waals surface area (Å²) in [6.45, 7) is 2.99. The van der Waals surface area contributed by atoms with Crippen molar-refractivity contribution in [1.29, 1.82) is 0 Å². The van der Waals surface area contributed by atoms with Crippen LogP contribution in [0.25, 0.3) is 0 Å². The van der Waals surface area contributed by atoms with Crippen LogP contribution in [0.1, 0.15) is 28.9 Å². The molecule has 1 amide bonds. The Balaban J connectivity index is 1.97. The molecule has 1 aliphatic heterocycles. The van der Waals surface area contributed by atoms with Gasteiger partial charge in [-0.15, -0.1) is 0 Å². The number of nitrogens with one attached hydrogen (secondary N) is 2. The van der Waals surface area contributed by atoms with Gasteiger partial charge in [-0.3, -0.25) is 9.59 Å². The van der Waals surface area contributed by atoms with Crippen LogP contribution in [-0.2, 0) is 4.74 Å². The highest BCUT2D eigenvalue weighted by Crippen LogP contribution is 2.10. The highest BCUT2D eigenvalue weighted by atomic mass is 16.5. The van der Waals surface area contributed by atoms with Gasteiger partial charge in [0.25, 0.3) is 11.5 Å². The first-order chi connectivity index (χ1) is 8.16. The minimum atomic E-state index is -0.352. The second-order valence-electron chi connectivity index (χ2n) is 4.23. The second kappa shape index (κ2) is 5.14. The third-order valence-electron chi connectivity index (χ3n) is 2.81. The average Bonchev–Trinajstić information content (AvgIpc) is 2.78. The summed E-state index contributed by atoms with van der Waals surface area (Å²) in [5.41, 5.74) is 0.536. The Kier molecular flexibility index (Phi) is 3.58. The van der Waals surface area contributed by atoms with E-state index in [-0.39, 0.29) is 23.1 Å². The lowest BCUT2D eigenvalue weighted by atomic mass is 10.2. The molecule has 1 aromatic heterocycles. The van der Waals surface area contributed by atoms with E-state index in [1.807, 2.05) is 0 Å². The number of pyridine rings is 1. The van der Waals surface area contributed by atoms with Crippen molar-refractivity contribution < 1.29 is 9.53 Å². The fourth-order valence-corrected chi connectivity index (χ4v) is 1.86. The molecule has 0 bridgehead atoms. The molecule has 0 aromatic carbocycles. The van der Waals surface area contributed by atoms with Gasteiger partial charge in [0, 0.05) is 18.8 Å². The summed E-state index contributed by atoms with van der Waals surface area (Å²) in [6.07, 6.45) is 2.08. The predicted molar refractivity (Wildman–Crippen MR) is 63.1 cm³/mol. The number of rotatable bonds is 3. The largest absolute Gasteiger partial charge is 0.376 e. The predicted octanol–water partition coefficient (Wildman–Crippen LogP) is 0.592. The van der Waals surface area contributed by atoms with E-state index in [1.54, 1.807) is 19.1 Å². The van der Waals surface area contributed by atoms with Crippen LogP contribution in [0.4, 0.5) is 0 Å². The van der Waals surface area contributed by atoms with Gasteiger partial charge in [-0.05, 0) is 31.9 Å². The monoisotopic (exact) mass is 236 g/mol. The van der Waals surface area contributed by atoms with Crippen LogP contribution in [0.15, 0.2) is 16.9 Å². The molecule has 2 heterocycles. The number of carbonyl (C=O) groups excluding carboxylic acids is 1. The Bertz CT molecular complexity index is 461. The number of hydrogen-bond donors (Lipinski definition) is 2. The molecular weight excluding hydrogens is 220 g/mol. The van der Waals surface area contributed by atoms with Gasteiger partial charge < -0.3 is 15.0 Å². The zero-order chi connectivity index (χ0) is 12.3. The topological polar surface area (TPSA) is 71.2 Å². The fourth-order valence-electron chi connectivity index (χ4n) is 1.86. The van der Waals surface area contributed by atoms with Gasteiger partial charge in [-0.1, -0.05) is 0 Å². The maximum Gasteiger partial charge on any atom is 0.260 e. The standard InChI is InChI=1S/C12H16N2O3/c1-8-4-5-10(12(16)14-8)11(15)13-7-9-3-2-6-17-9/h4-5,9H,2-3,6-7H2,1H3,(H,13,15)(H,14,16)/t9-/m0/s1. The molecule has 1 atom stereocenters. The molecule has 1 aliphatic rings. The first-order valence-electron chi connectivity index (χ1n) is 5.76. The zero-order valence-corrected chi connectivity index (χ0v) is 9.79. The summed E-state index contributed by atoms with van der Waals surface area (Å²) in [5, 5.41) is 2.72. The van der Waals surface area contributed by atoms with E-state index in [0.29, 0.717) is 6.54 Å². The van der Waals surface area contributed by atoms with E-state index < -0.39 is 0 Å². The lowest BCUT2D eigenvalue weighted by Crippen LogP contribution is -2.35. The molecule has 0 unspecified atom stereocenters. The number of aromatic nitrogens is 1. The number of amides is 1. The smallest absolute Gasteiger partial charge is 0.260 e. The molecule has 5 nitrogen and oxygen atoms in total. The molecule has 92 valence electrons. The summed E-state index contributed by atoms with van der Waals surface area (Å²) in [4.78, 5) is 25.9. The molecule has 17 heavy (non-hydrogen) atoms. The number of ether oxygens (including phenoxy) is 1. The second-order valence-corrected chi connectivity index (χ2v) is 4.23. The molecule has 0 saturated carbocycles. The minimum Gasteiger partial charge on any atom is -0.376 e. The minimum absolute atomic E-state index is 0.0866. The zero-order valence-electron chi connectivity index (χ0n) is 9.79. The van der Waals surface area contributed by atoms with Crippen molar-refractivity contribution in [2.45, 2.75) is 25.9 Å². The number of aromatic amines is 1. The average molecular weight is 236 g/mol. The molecule has 2 N–H and O–H groups in total. The SMILES string of the molecule is Cc1ccc(C(=O)NC[C@@H]2CCCO2)c(=O)[nH]1. The van der Waals surface area contributed by atoms with Gasteiger partial charge >= 0.3 is 0 Å². The lowest BCUT2D eigenvalue weighted by Gasteiger charge is -2.10. The van der Waals surface area contributed by atoms with Gasteiger partial charge in [0.15, 0.2) is 0 Å². The van der Waals surface area contributed by atoms with Crippen molar-refractivity contribution in [2.24, 2.45) is 0 Å². The van der Waals surface area contributed by atoms with Crippen LogP contribution >= 0.6 is 0 Å². The Morgan fingerprint density at radius 2 is 2.41 bits per heavy atom. The van der Waals surface area contributed by atoms with Gasteiger partial charge in [-0.25, -0.2) is 0 Å². The normalized spacial score (nSPS) is 19.2. The molecule has 1 saturated heterocycles. The Morgan fingerprint density at radius 3 is 3.06 bits per heavy atom. The van der Waals surface area contributed by atoms with E-state index >= 15 is 0 Å². The quantitative estimate of drug-likeness (QED) is 0.807. The molecule has 1 fully saturated rings. The highest BCUT2D eigenvalue weighted by molar-refractivity contribution is 5.93. The van der Waals surface area contributed by atoms with Crippen molar-refractivity contribution in [3.63, 3.8) is 0 Å². The van der Waals surface area contributed by atoms with Crippen molar-refractivity contribution in [2.75, 3.05) is 13.2 Å². The maximum absolute atomic E-state index is 11.7. The number of H-pyrrole nitrogens is 1. The van der Waals surface area contributed by atoms with Gasteiger partial charge in [0.1, 0.15) is 5.56 Å². The molecule has 5 heteroatoms. The number of aryl methyl sites for hydroxylation is 1. The third-order valence-corrected chi connectivity index (χ3v) is 2.81. The van der Waals surface area contributed by atoms with E-state index in [1.165, 1.54) is 0 Å². The Morgan fingerprint density at radius 1 is 1.59 bits per heavy atom. The molecule has 1 aromatic rings. The lowest BCUT2D eigenvalue weighted by molar-refractivity contribution is 0.0856. The van der Waals surface area contributed by atoms with Crippen LogP contribution in [0.2, 0.25) is 0 Å². The molecule has 2 rings (SSSR count). The van der Waals surface area contributed by atoms with Gasteiger partial charge in [0.2, 0.25) is 0 Å².